The largest absolute Gasteiger partial charge is 0.354 e. The van der Waals surface area contributed by atoms with E-state index in [1.54, 1.807) is 0 Å². The number of nitrogens with one attached hydrogen (secondary N) is 1. The molecular weight excluding hydrogens is 212 g/mol. The summed E-state index contributed by atoms with van der Waals surface area (Å²) in [7, 11) is 4.22. The van der Waals surface area contributed by atoms with Crippen molar-refractivity contribution in [2.45, 2.75) is 45.2 Å². The van der Waals surface area contributed by atoms with Crippen LogP contribution >= 0.6 is 0 Å². The second-order valence-electron chi connectivity index (χ2n) is 5.90. The maximum atomic E-state index is 4.57. The molecule has 0 radical (unpaired) electrons. The Bertz CT molecular complexity index is 388. The van der Waals surface area contributed by atoms with Crippen LogP contribution in [0.4, 0.5) is 5.95 Å². The Morgan fingerprint density at radius 3 is 2.65 bits per heavy atom. The van der Waals surface area contributed by atoms with Crippen molar-refractivity contribution in [1.29, 1.82) is 0 Å². The highest BCUT2D eigenvalue weighted by Gasteiger charge is 2.27. The summed E-state index contributed by atoms with van der Waals surface area (Å²) >= 11 is 0. The molecule has 0 atom stereocenters. The molecule has 0 unspecified atom stereocenters. The summed E-state index contributed by atoms with van der Waals surface area (Å²) in [5, 5.41) is 3.49. The van der Waals surface area contributed by atoms with Gasteiger partial charge in [-0.2, -0.15) is 0 Å². The van der Waals surface area contributed by atoms with Crippen LogP contribution in [0.1, 0.15) is 38.4 Å². The molecule has 4 nitrogen and oxygen atoms in total. The zero-order valence-electron chi connectivity index (χ0n) is 11.6. The fraction of sp³-hybridized carbons (Fsp3) is 0.769. The minimum absolute atomic E-state index is 0.133. The molecule has 0 aliphatic heterocycles. The van der Waals surface area contributed by atoms with E-state index in [1.807, 2.05) is 0 Å². The highest BCUT2D eigenvalue weighted by atomic mass is 15.3. The number of aromatic nitrogens is 2. The SMILES string of the molecule is Cc1cn(C2CC2)c(NCC(C)(C)N(C)C)n1. The second kappa shape index (κ2) is 4.33. The first kappa shape index (κ1) is 12.4. The quantitative estimate of drug-likeness (QED) is 0.851. The molecular formula is C13H24N4. The Morgan fingerprint density at radius 2 is 2.12 bits per heavy atom. The van der Waals surface area contributed by atoms with Crippen molar-refractivity contribution in [2.75, 3.05) is 26.0 Å². The van der Waals surface area contributed by atoms with Crippen molar-refractivity contribution in [3.05, 3.63) is 11.9 Å². The summed E-state index contributed by atoms with van der Waals surface area (Å²) in [6.07, 6.45) is 4.74. The maximum Gasteiger partial charge on any atom is 0.203 e. The summed E-state index contributed by atoms with van der Waals surface area (Å²) in [4.78, 5) is 6.80. The topological polar surface area (TPSA) is 33.1 Å². The Labute approximate surface area is 104 Å². The van der Waals surface area contributed by atoms with Crippen LogP contribution in [-0.4, -0.2) is 40.6 Å². The van der Waals surface area contributed by atoms with Crippen LogP contribution in [0.15, 0.2) is 6.20 Å². The first-order valence-corrected chi connectivity index (χ1v) is 6.37. The first-order valence-electron chi connectivity index (χ1n) is 6.37. The lowest BCUT2D eigenvalue weighted by Crippen LogP contribution is -2.44. The molecule has 0 amide bonds. The fourth-order valence-electron chi connectivity index (χ4n) is 1.73. The summed E-state index contributed by atoms with van der Waals surface area (Å²) in [5.74, 6) is 1.03. The van der Waals surface area contributed by atoms with Crippen molar-refractivity contribution in [3.63, 3.8) is 0 Å². The Kier molecular flexibility index (Phi) is 3.17. The van der Waals surface area contributed by atoms with Crippen LogP contribution in [0.2, 0.25) is 0 Å². The molecule has 0 spiro atoms. The number of imidazole rings is 1. The Hall–Kier alpha value is -1.03. The van der Waals surface area contributed by atoms with E-state index in [4.69, 9.17) is 0 Å². The lowest BCUT2D eigenvalue weighted by atomic mass is 10.1. The molecule has 1 aromatic heterocycles. The van der Waals surface area contributed by atoms with E-state index in [0.29, 0.717) is 6.04 Å². The normalized spacial score (nSPS) is 16.6. The van der Waals surface area contributed by atoms with Crippen LogP contribution in [0.3, 0.4) is 0 Å². The number of aryl methyl sites for hydroxylation is 1. The molecule has 0 saturated heterocycles. The van der Waals surface area contributed by atoms with Gasteiger partial charge in [-0.25, -0.2) is 4.98 Å². The van der Waals surface area contributed by atoms with Gasteiger partial charge in [-0.05, 0) is 47.7 Å². The lowest BCUT2D eigenvalue weighted by Gasteiger charge is -2.32. The predicted octanol–water partition coefficient (Wildman–Crippen LogP) is 2.28. The predicted molar refractivity (Wildman–Crippen MR) is 71.5 cm³/mol. The molecule has 0 aromatic carbocycles. The summed E-state index contributed by atoms with van der Waals surface area (Å²) in [6, 6.07) is 0.682. The summed E-state index contributed by atoms with van der Waals surface area (Å²) in [5.41, 5.74) is 1.23. The van der Waals surface area contributed by atoms with Crippen molar-refractivity contribution in [3.8, 4) is 0 Å². The monoisotopic (exact) mass is 236 g/mol. The standard InChI is InChI=1S/C13H24N4/c1-10-8-17(11-6-7-11)12(15-10)14-9-13(2,3)16(4)5/h8,11H,6-7,9H2,1-5H3,(H,14,15). The lowest BCUT2D eigenvalue weighted by molar-refractivity contribution is 0.209. The number of nitrogens with zero attached hydrogens (tertiary/aromatic N) is 3. The van der Waals surface area contributed by atoms with Gasteiger partial charge in [0.05, 0.1) is 5.69 Å². The van der Waals surface area contributed by atoms with Gasteiger partial charge in [0.2, 0.25) is 5.95 Å². The molecule has 1 saturated carbocycles. The number of hydrogen-bond acceptors (Lipinski definition) is 3. The van der Waals surface area contributed by atoms with E-state index in [0.717, 1.165) is 18.2 Å². The van der Waals surface area contributed by atoms with Gasteiger partial charge in [0, 0.05) is 24.3 Å². The summed E-state index contributed by atoms with van der Waals surface area (Å²) in [6.45, 7) is 7.43. The van der Waals surface area contributed by atoms with Crippen molar-refractivity contribution < 1.29 is 0 Å². The van der Waals surface area contributed by atoms with E-state index >= 15 is 0 Å². The van der Waals surface area contributed by atoms with Gasteiger partial charge in [0.25, 0.3) is 0 Å². The molecule has 0 bridgehead atoms. The van der Waals surface area contributed by atoms with Crippen LogP contribution < -0.4 is 5.32 Å². The van der Waals surface area contributed by atoms with Crippen molar-refractivity contribution >= 4 is 5.95 Å². The van der Waals surface area contributed by atoms with Gasteiger partial charge in [0.15, 0.2) is 0 Å². The number of likely N-dealkylation sites (N-methyl/N-ethyl adjacent to an activating group) is 1. The van der Waals surface area contributed by atoms with E-state index in [1.165, 1.54) is 12.8 Å². The first-order chi connectivity index (χ1) is 7.90. The number of hydrogen-bond donors (Lipinski definition) is 1. The third kappa shape index (κ3) is 2.80. The average molecular weight is 236 g/mol. The Morgan fingerprint density at radius 1 is 1.47 bits per heavy atom. The van der Waals surface area contributed by atoms with E-state index in [-0.39, 0.29) is 5.54 Å². The smallest absolute Gasteiger partial charge is 0.203 e. The van der Waals surface area contributed by atoms with Crippen molar-refractivity contribution in [2.24, 2.45) is 0 Å². The average Bonchev–Trinajstić information content (AvgIpc) is 3.00. The molecule has 1 aliphatic rings. The van der Waals surface area contributed by atoms with Crippen LogP contribution in [0.25, 0.3) is 0 Å². The number of rotatable bonds is 5. The highest BCUT2D eigenvalue weighted by molar-refractivity contribution is 5.31. The summed E-state index contributed by atoms with van der Waals surface area (Å²) < 4.78 is 2.29. The third-order valence-corrected chi connectivity index (χ3v) is 3.68. The van der Waals surface area contributed by atoms with Gasteiger partial charge in [-0.1, -0.05) is 0 Å². The minimum Gasteiger partial charge on any atom is -0.354 e. The van der Waals surface area contributed by atoms with E-state index in [9.17, 15) is 0 Å². The van der Waals surface area contributed by atoms with Gasteiger partial charge in [-0.3, -0.25) is 0 Å². The van der Waals surface area contributed by atoms with E-state index < -0.39 is 0 Å². The molecule has 96 valence electrons. The van der Waals surface area contributed by atoms with Crippen LogP contribution in [-0.2, 0) is 0 Å². The van der Waals surface area contributed by atoms with Crippen molar-refractivity contribution in [1.82, 2.24) is 14.5 Å². The second-order valence-corrected chi connectivity index (χ2v) is 5.90. The molecule has 1 N–H and O–H groups in total. The zero-order chi connectivity index (χ0) is 12.6. The zero-order valence-corrected chi connectivity index (χ0v) is 11.6. The number of anilines is 1. The van der Waals surface area contributed by atoms with Gasteiger partial charge < -0.3 is 14.8 Å². The maximum absolute atomic E-state index is 4.57. The molecule has 1 aromatic rings. The highest BCUT2D eigenvalue weighted by Crippen LogP contribution is 2.37. The minimum atomic E-state index is 0.133. The van der Waals surface area contributed by atoms with Crippen LogP contribution in [0.5, 0.6) is 0 Å². The molecule has 1 heterocycles. The van der Waals surface area contributed by atoms with Crippen LogP contribution in [0, 0.1) is 6.92 Å². The molecule has 2 rings (SSSR count). The third-order valence-electron chi connectivity index (χ3n) is 3.68. The van der Waals surface area contributed by atoms with Gasteiger partial charge >= 0.3 is 0 Å². The van der Waals surface area contributed by atoms with Gasteiger partial charge in [0.1, 0.15) is 0 Å². The van der Waals surface area contributed by atoms with Gasteiger partial charge in [-0.15, -0.1) is 0 Å². The Balaban J connectivity index is 2.03. The van der Waals surface area contributed by atoms with E-state index in [2.05, 4.69) is 60.8 Å². The molecule has 4 heteroatoms. The molecule has 17 heavy (non-hydrogen) atoms. The molecule has 1 aliphatic carbocycles. The fourth-order valence-corrected chi connectivity index (χ4v) is 1.73. The molecule has 1 fully saturated rings.